The second-order valence-electron chi connectivity index (χ2n) is 6.25. The van der Waals surface area contributed by atoms with E-state index in [0.717, 1.165) is 6.42 Å². The molecule has 1 aromatic carbocycles. The lowest BCUT2D eigenvalue weighted by Crippen LogP contribution is -2.37. The summed E-state index contributed by atoms with van der Waals surface area (Å²) in [7, 11) is 0. The number of hydrogen-bond acceptors (Lipinski definition) is 1. The molecule has 19 heavy (non-hydrogen) atoms. The van der Waals surface area contributed by atoms with Crippen molar-refractivity contribution in [3.63, 3.8) is 0 Å². The standard InChI is InChI=1S/C17H20O2/c1-11(2)17-9-8-13(10-17)14(15(17)16(18)19)12-6-4-3-5-7-12/h3-9,11,13-15H,10H2,1-2H3,(H,18,19). The second kappa shape index (κ2) is 4.22. The van der Waals surface area contributed by atoms with E-state index in [9.17, 15) is 9.90 Å². The number of carboxylic acid groups (broad SMARTS) is 1. The molecular weight excluding hydrogens is 236 g/mol. The molecule has 1 N–H and O–H groups in total. The van der Waals surface area contributed by atoms with Gasteiger partial charge in [0.25, 0.3) is 0 Å². The Bertz CT molecular complexity index is 517. The highest BCUT2D eigenvalue weighted by Crippen LogP contribution is 2.63. The van der Waals surface area contributed by atoms with E-state index in [1.165, 1.54) is 5.56 Å². The number of allylic oxidation sites excluding steroid dienone is 2. The molecule has 0 aliphatic heterocycles. The van der Waals surface area contributed by atoms with Gasteiger partial charge < -0.3 is 5.11 Å². The highest BCUT2D eigenvalue weighted by molar-refractivity contribution is 5.75. The average Bonchev–Trinajstić information content (AvgIpc) is 2.96. The Hall–Kier alpha value is -1.57. The van der Waals surface area contributed by atoms with Gasteiger partial charge in [0.15, 0.2) is 0 Å². The maximum Gasteiger partial charge on any atom is 0.308 e. The van der Waals surface area contributed by atoms with E-state index in [-0.39, 0.29) is 17.3 Å². The molecule has 3 rings (SSSR count). The highest BCUT2D eigenvalue weighted by Gasteiger charge is 2.59. The molecule has 2 bridgehead atoms. The number of benzene rings is 1. The zero-order chi connectivity index (χ0) is 13.6. The smallest absolute Gasteiger partial charge is 0.308 e. The maximum absolute atomic E-state index is 11.9. The van der Waals surface area contributed by atoms with Gasteiger partial charge in [0.2, 0.25) is 0 Å². The SMILES string of the molecule is CC(C)C12C=CC(C1)C(c1ccccc1)C2C(=O)O. The quantitative estimate of drug-likeness (QED) is 0.837. The van der Waals surface area contributed by atoms with Gasteiger partial charge in [-0.3, -0.25) is 4.79 Å². The van der Waals surface area contributed by atoms with Crippen LogP contribution in [-0.2, 0) is 4.79 Å². The van der Waals surface area contributed by atoms with E-state index in [2.05, 4.69) is 38.1 Å². The third-order valence-corrected chi connectivity index (χ3v) is 5.17. The largest absolute Gasteiger partial charge is 0.481 e. The van der Waals surface area contributed by atoms with Crippen LogP contribution in [0.3, 0.4) is 0 Å². The molecule has 0 saturated heterocycles. The molecule has 1 saturated carbocycles. The fraction of sp³-hybridized carbons (Fsp3) is 0.471. The molecule has 0 radical (unpaired) electrons. The van der Waals surface area contributed by atoms with Gasteiger partial charge in [-0.1, -0.05) is 56.3 Å². The topological polar surface area (TPSA) is 37.3 Å². The summed E-state index contributed by atoms with van der Waals surface area (Å²) >= 11 is 0. The van der Waals surface area contributed by atoms with Crippen molar-refractivity contribution in [3.8, 4) is 0 Å². The number of fused-ring (bicyclic) bond motifs is 2. The van der Waals surface area contributed by atoms with E-state index in [1.807, 2.05) is 18.2 Å². The minimum absolute atomic E-state index is 0.131. The van der Waals surface area contributed by atoms with Gasteiger partial charge in [0.05, 0.1) is 5.92 Å². The summed E-state index contributed by atoms with van der Waals surface area (Å²) in [6.07, 6.45) is 5.42. The predicted octanol–water partition coefficient (Wildman–Crippen LogP) is 3.70. The van der Waals surface area contributed by atoms with Gasteiger partial charge in [0.1, 0.15) is 0 Å². The Kier molecular flexibility index (Phi) is 2.77. The van der Waals surface area contributed by atoms with Crippen LogP contribution in [0.1, 0.15) is 31.7 Å². The van der Waals surface area contributed by atoms with Crippen LogP contribution in [0.4, 0.5) is 0 Å². The van der Waals surface area contributed by atoms with Gasteiger partial charge in [0, 0.05) is 11.3 Å². The van der Waals surface area contributed by atoms with E-state index in [4.69, 9.17) is 0 Å². The van der Waals surface area contributed by atoms with Gasteiger partial charge in [-0.15, -0.1) is 0 Å². The molecule has 0 heterocycles. The molecule has 2 nitrogen and oxygen atoms in total. The number of rotatable bonds is 3. The van der Waals surface area contributed by atoms with Crippen molar-refractivity contribution in [2.75, 3.05) is 0 Å². The molecule has 0 spiro atoms. The lowest BCUT2D eigenvalue weighted by molar-refractivity contribution is -0.146. The monoisotopic (exact) mass is 256 g/mol. The first-order valence-electron chi connectivity index (χ1n) is 7.03. The minimum Gasteiger partial charge on any atom is -0.481 e. The van der Waals surface area contributed by atoms with Crippen LogP contribution in [0.15, 0.2) is 42.5 Å². The number of carbonyl (C=O) groups is 1. The molecule has 0 aromatic heterocycles. The Morgan fingerprint density at radius 1 is 1.32 bits per heavy atom. The molecule has 4 unspecified atom stereocenters. The van der Waals surface area contributed by atoms with E-state index in [0.29, 0.717) is 11.8 Å². The molecule has 100 valence electrons. The van der Waals surface area contributed by atoms with Crippen LogP contribution < -0.4 is 0 Å². The molecule has 2 aliphatic carbocycles. The third kappa shape index (κ3) is 1.66. The Morgan fingerprint density at radius 3 is 2.58 bits per heavy atom. The van der Waals surface area contributed by atoms with Gasteiger partial charge >= 0.3 is 5.97 Å². The Labute approximate surface area is 114 Å². The van der Waals surface area contributed by atoms with Crippen molar-refractivity contribution in [2.24, 2.45) is 23.2 Å². The summed E-state index contributed by atoms with van der Waals surface area (Å²) in [5, 5.41) is 9.75. The summed E-state index contributed by atoms with van der Waals surface area (Å²) in [4.78, 5) is 11.9. The molecule has 2 heteroatoms. The van der Waals surface area contributed by atoms with Crippen LogP contribution in [0.25, 0.3) is 0 Å². The second-order valence-corrected chi connectivity index (χ2v) is 6.25. The predicted molar refractivity (Wildman–Crippen MR) is 74.8 cm³/mol. The number of aliphatic carboxylic acids is 1. The summed E-state index contributed by atoms with van der Waals surface area (Å²) in [5.74, 6) is -0.0557. The van der Waals surface area contributed by atoms with Crippen molar-refractivity contribution >= 4 is 5.97 Å². The summed E-state index contributed by atoms with van der Waals surface area (Å²) in [5.41, 5.74) is 1.02. The summed E-state index contributed by atoms with van der Waals surface area (Å²) in [6, 6.07) is 10.1. The van der Waals surface area contributed by atoms with E-state index in [1.54, 1.807) is 0 Å². The van der Waals surface area contributed by atoms with Gasteiger partial charge in [-0.05, 0) is 23.8 Å². The molecule has 0 amide bonds. The van der Waals surface area contributed by atoms with Crippen LogP contribution in [0.5, 0.6) is 0 Å². The number of hydrogen-bond donors (Lipinski definition) is 1. The van der Waals surface area contributed by atoms with Crippen molar-refractivity contribution in [1.82, 2.24) is 0 Å². The van der Waals surface area contributed by atoms with Crippen molar-refractivity contribution in [2.45, 2.75) is 26.2 Å². The zero-order valence-electron chi connectivity index (χ0n) is 11.4. The fourth-order valence-electron chi connectivity index (χ4n) is 4.19. The molecule has 1 fully saturated rings. The van der Waals surface area contributed by atoms with E-state index < -0.39 is 5.97 Å². The van der Waals surface area contributed by atoms with Crippen molar-refractivity contribution in [3.05, 3.63) is 48.0 Å². The molecular formula is C17H20O2. The summed E-state index contributed by atoms with van der Waals surface area (Å²) < 4.78 is 0. The van der Waals surface area contributed by atoms with Crippen molar-refractivity contribution < 1.29 is 9.90 Å². The normalized spacial score (nSPS) is 36.1. The first-order valence-corrected chi connectivity index (χ1v) is 7.03. The highest BCUT2D eigenvalue weighted by atomic mass is 16.4. The fourth-order valence-corrected chi connectivity index (χ4v) is 4.19. The van der Waals surface area contributed by atoms with Crippen LogP contribution in [-0.4, -0.2) is 11.1 Å². The zero-order valence-corrected chi connectivity index (χ0v) is 11.4. The minimum atomic E-state index is -0.644. The van der Waals surface area contributed by atoms with E-state index >= 15 is 0 Å². The first kappa shape index (κ1) is 12.5. The van der Waals surface area contributed by atoms with Crippen LogP contribution >= 0.6 is 0 Å². The lowest BCUT2D eigenvalue weighted by Gasteiger charge is -2.37. The van der Waals surface area contributed by atoms with Crippen LogP contribution in [0.2, 0.25) is 0 Å². The van der Waals surface area contributed by atoms with Crippen LogP contribution in [0, 0.1) is 23.2 Å². The summed E-state index contributed by atoms with van der Waals surface area (Å²) in [6.45, 7) is 4.30. The van der Waals surface area contributed by atoms with Gasteiger partial charge in [-0.2, -0.15) is 0 Å². The third-order valence-electron chi connectivity index (χ3n) is 5.17. The molecule has 2 aliphatic rings. The number of carboxylic acids is 1. The average molecular weight is 256 g/mol. The van der Waals surface area contributed by atoms with Gasteiger partial charge in [-0.25, -0.2) is 0 Å². The first-order chi connectivity index (χ1) is 9.06. The molecule has 4 atom stereocenters. The Balaban J connectivity index is 2.08. The lowest BCUT2D eigenvalue weighted by atomic mass is 9.66. The maximum atomic E-state index is 11.9. The molecule has 1 aromatic rings. The van der Waals surface area contributed by atoms with Crippen molar-refractivity contribution in [1.29, 1.82) is 0 Å². The Morgan fingerprint density at radius 2 is 2.00 bits per heavy atom.